The monoisotopic (exact) mass is 397 g/mol. The van der Waals surface area contributed by atoms with Crippen molar-refractivity contribution in [1.82, 2.24) is 14.9 Å². The Hall–Kier alpha value is -3.16. The molecular formula is C21H27N5O3. The van der Waals surface area contributed by atoms with Gasteiger partial charge in [-0.05, 0) is 51.3 Å². The predicted octanol–water partition coefficient (Wildman–Crippen LogP) is 3.38. The fraction of sp³-hybridized carbons (Fsp3) is 0.429. The zero-order valence-corrected chi connectivity index (χ0v) is 17.1. The summed E-state index contributed by atoms with van der Waals surface area (Å²) in [6.45, 7) is 7.17. The maximum atomic E-state index is 12.6. The summed E-state index contributed by atoms with van der Waals surface area (Å²) in [5.74, 6) is 0.858. The molecule has 0 bridgehead atoms. The van der Waals surface area contributed by atoms with Crippen LogP contribution in [-0.2, 0) is 4.74 Å². The van der Waals surface area contributed by atoms with Crippen molar-refractivity contribution < 1.29 is 14.3 Å². The summed E-state index contributed by atoms with van der Waals surface area (Å²) in [6.07, 6.45) is 1.30. The number of hydrogen-bond donors (Lipinski definition) is 2. The van der Waals surface area contributed by atoms with Crippen LogP contribution in [0, 0.1) is 13.8 Å². The summed E-state index contributed by atoms with van der Waals surface area (Å²) in [4.78, 5) is 34.8. The second-order valence-electron chi connectivity index (χ2n) is 7.11. The molecule has 1 aromatic carbocycles. The number of carbonyl (C=O) groups excluding carboxylic acids is 2. The third kappa shape index (κ3) is 5.66. The number of benzene rings is 1. The summed E-state index contributed by atoms with van der Waals surface area (Å²) in [5, 5.41) is 6.24. The van der Waals surface area contributed by atoms with Crippen molar-refractivity contribution in [2.24, 2.45) is 0 Å². The van der Waals surface area contributed by atoms with Crippen molar-refractivity contribution in [3.8, 4) is 0 Å². The zero-order valence-electron chi connectivity index (χ0n) is 17.1. The van der Waals surface area contributed by atoms with Gasteiger partial charge in [0.2, 0.25) is 0 Å². The maximum Gasteiger partial charge on any atom is 0.409 e. The van der Waals surface area contributed by atoms with E-state index in [0.29, 0.717) is 37.0 Å². The topological polar surface area (TPSA) is 96.5 Å². The van der Waals surface area contributed by atoms with E-state index in [-0.39, 0.29) is 18.0 Å². The van der Waals surface area contributed by atoms with E-state index in [1.807, 2.05) is 31.2 Å². The summed E-state index contributed by atoms with van der Waals surface area (Å²) >= 11 is 0. The summed E-state index contributed by atoms with van der Waals surface area (Å²) in [6, 6.07) is 9.45. The Morgan fingerprint density at radius 3 is 2.62 bits per heavy atom. The van der Waals surface area contributed by atoms with Crippen LogP contribution in [0.25, 0.3) is 0 Å². The first-order chi connectivity index (χ1) is 13.9. The number of amides is 2. The number of nitrogens with one attached hydrogen (secondary N) is 2. The van der Waals surface area contributed by atoms with Gasteiger partial charge in [0.05, 0.1) is 6.61 Å². The minimum atomic E-state index is -0.277. The Labute approximate surface area is 170 Å². The average molecular weight is 397 g/mol. The molecule has 8 heteroatoms. The fourth-order valence-electron chi connectivity index (χ4n) is 3.31. The van der Waals surface area contributed by atoms with E-state index < -0.39 is 0 Å². The number of hydrogen-bond acceptors (Lipinski definition) is 6. The molecule has 0 spiro atoms. The highest BCUT2D eigenvalue weighted by Crippen LogP contribution is 2.18. The summed E-state index contributed by atoms with van der Waals surface area (Å²) in [7, 11) is 0. The molecule has 154 valence electrons. The molecule has 3 rings (SSSR count). The van der Waals surface area contributed by atoms with Gasteiger partial charge >= 0.3 is 6.09 Å². The number of aromatic nitrogens is 2. The molecular weight excluding hydrogens is 370 g/mol. The number of ether oxygens (including phenoxy) is 1. The summed E-state index contributed by atoms with van der Waals surface area (Å²) in [5.41, 5.74) is 2.11. The standard InChI is InChI=1S/C21H27N5O3/c1-4-29-21(28)26-10-8-16(9-11-26)24-19-13-18(22-15(3)23-19)20(27)25-17-7-5-6-14(2)12-17/h5-7,12-13,16H,4,8-11H2,1-3H3,(H,25,27)(H,22,23,24). The molecule has 1 fully saturated rings. The van der Waals surface area contributed by atoms with Gasteiger partial charge in [-0.1, -0.05) is 12.1 Å². The van der Waals surface area contributed by atoms with Crippen molar-refractivity contribution in [2.75, 3.05) is 30.3 Å². The van der Waals surface area contributed by atoms with Crippen molar-refractivity contribution >= 4 is 23.5 Å². The molecule has 8 nitrogen and oxygen atoms in total. The molecule has 1 aliphatic heterocycles. The van der Waals surface area contributed by atoms with Gasteiger partial charge in [0.25, 0.3) is 5.91 Å². The van der Waals surface area contributed by atoms with Crippen molar-refractivity contribution in [3.63, 3.8) is 0 Å². The Morgan fingerprint density at radius 1 is 1.17 bits per heavy atom. The molecule has 0 atom stereocenters. The Kier molecular flexibility index (Phi) is 6.64. The van der Waals surface area contributed by atoms with Gasteiger partial charge < -0.3 is 20.3 Å². The van der Waals surface area contributed by atoms with Gasteiger partial charge in [0.15, 0.2) is 0 Å². The third-order valence-electron chi connectivity index (χ3n) is 4.72. The number of likely N-dealkylation sites (tertiary alicyclic amines) is 1. The molecule has 0 saturated carbocycles. The van der Waals surface area contributed by atoms with Crippen molar-refractivity contribution in [2.45, 2.75) is 39.7 Å². The van der Waals surface area contributed by atoms with Gasteiger partial charge in [0.1, 0.15) is 17.3 Å². The van der Waals surface area contributed by atoms with Gasteiger partial charge in [-0.2, -0.15) is 0 Å². The first kappa shape index (κ1) is 20.6. The molecule has 1 aromatic heterocycles. The second-order valence-corrected chi connectivity index (χ2v) is 7.11. The molecule has 2 N–H and O–H groups in total. The summed E-state index contributed by atoms with van der Waals surface area (Å²) < 4.78 is 5.05. The second kappa shape index (κ2) is 9.36. The SMILES string of the molecule is CCOC(=O)N1CCC(Nc2cc(C(=O)Nc3cccc(C)c3)nc(C)n2)CC1. The molecule has 0 radical (unpaired) electrons. The molecule has 0 aliphatic carbocycles. The van der Waals surface area contributed by atoms with Crippen molar-refractivity contribution in [1.29, 1.82) is 0 Å². The third-order valence-corrected chi connectivity index (χ3v) is 4.72. The van der Waals surface area contributed by atoms with E-state index >= 15 is 0 Å². The number of aryl methyl sites for hydroxylation is 2. The number of nitrogens with zero attached hydrogens (tertiary/aromatic N) is 3. The lowest BCUT2D eigenvalue weighted by molar-refractivity contribution is 0.0980. The minimum Gasteiger partial charge on any atom is -0.450 e. The highest BCUT2D eigenvalue weighted by atomic mass is 16.6. The van der Waals surface area contributed by atoms with E-state index in [9.17, 15) is 9.59 Å². The van der Waals surface area contributed by atoms with E-state index in [0.717, 1.165) is 24.1 Å². The van der Waals surface area contributed by atoms with Crippen LogP contribution in [0.2, 0.25) is 0 Å². The van der Waals surface area contributed by atoms with Crippen LogP contribution in [0.1, 0.15) is 41.6 Å². The largest absolute Gasteiger partial charge is 0.450 e. The fourth-order valence-corrected chi connectivity index (χ4v) is 3.31. The predicted molar refractivity (Wildman–Crippen MR) is 111 cm³/mol. The number of carbonyl (C=O) groups is 2. The molecule has 2 heterocycles. The zero-order chi connectivity index (χ0) is 20.8. The van der Waals surface area contributed by atoms with E-state index in [4.69, 9.17) is 4.74 Å². The first-order valence-corrected chi connectivity index (χ1v) is 9.86. The Bertz CT molecular complexity index is 878. The highest BCUT2D eigenvalue weighted by Gasteiger charge is 2.24. The van der Waals surface area contributed by atoms with Crippen LogP contribution in [0.15, 0.2) is 30.3 Å². The lowest BCUT2D eigenvalue weighted by Crippen LogP contribution is -2.42. The highest BCUT2D eigenvalue weighted by molar-refractivity contribution is 6.03. The number of anilines is 2. The quantitative estimate of drug-likeness (QED) is 0.803. The molecule has 1 saturated heterocycles. The van der Waals surface area contributed by atoms with Crippen LogP contribution in [-0.4, -0.2) is 52.6 Å². The molecule has 2 aromatic rings. The number of rotatable bonds is 5. The van der Waals surface area contributed by atoms with Crippen molar-refractivity contribution in [3.05, 3.63) is 47.4 Å². The average Bonchev–Trinajstić information content (AvgIpc) is 2.68. The maximum absolute atomic E-state index is 12.6. The van der Waals surface area contributed by atoms with Gasteiger partial charge in [-0.3, -0.25) is 4.79 Å². The minimum absolute atomic E-state index is 0.169. The van der Waals surface area contributed by atoms with Crippen LogP contribution in [0.4, 0.5) is 16.3 Å². The molecule has 2 amide bonds. The van der Waals surface area contributed by atoms with Crippen LogP contribution >= 0.6 is 0 Å². The first-order valence-electron chi connectivity index (χ1n) is 9.86. The van der Waals surface area contributed by atoms with E-state index in [1.54, 1.807) is 24.8 Å². The van der Waals surface area contributed by atoms with E-state index in [2.05, 4.69) is 20.6 Å². The Balaban J connectivity index is 1.62. The normalized spacial score (nSPS) is 14.4. The lowest BCUT2D eigenvalue weighted by Gasteiger charge is -2.31. The van der Waals surface area contributed by atoms with Crippen LogP contribution in [0.3, 0.4) is 0 Å². The van der Waals surface area contributed by atoms with Gasteiger partial charge in [-0.15, -0.1) is 0 Å². The molecule has 0 unspecified atom stereocenters. The smallest absolute Gasteiger partial charge is 0.409 e. The lowest BCUT2D eigenvalue weighted by atomic mass is 10.1. The van der Waals surface area contributed by atoms with Gasteiger partial charge in [0, 0.05) is 30.9 Å². The van der Waals surface area contributed by atoms with Crippen LogP contribution in [0.5, 0.6) is 0 Å². The number of piperidine rings is 1. The van der Waals surface area contributed by atoms with Crippen LogP contribution < -0.4 is 10.6 Å². The molecule has 1 aliphatic rings. The van der Waals surface area contributed by atoms with E-state index in [1.165, 1.54) is 0 Å². The Morgan fingerprint density at radius 2 is 1.93 bits per heavy atom. The molecule has 29 heavy (non-hydrogen) atoms. The van der Waals surface area contributed by atoms with Gasteiger partial charge in [-0.25, -0.2) is 14.8 Å².